The fraction of sp³-hybridized carbons (Fsp3) is 0. The van der Waals surface area contributed by atoms with Gasteiger partial charge in [0.05, 0.1) is 6.21 Å². The van der Waals surface area contributed by atoms with Gasteiger partial charge in [-0.1, -0.05) is 65.4 Å². The predicted molar refractivity (Wildman–Crippen MR) is 94.9 cm³/mol. The number of benzene rings is 2. The molecule has 1 heterocycles. The van der Waals surface area contributed by atoms with Crippen LogP contribution in [0.25, 0.3) is 11.3 Å². The number of halogens is 1. The minimum atomic E-state index is 0.532. The van der Waals surface area contributed by atoms with Gasteiger partial charge in [-0.25, -0.2) is 4.98 Å². The summed E-state index contributed by atoms with van der Waals surface area (Å²) < 4.78 is 0. The summed E-state index contributed by atoms with van der Waals surface area (Å²) in [6.07, 6.45) is 1.70. The largest absolute Gasteiger partial charge is 0.253 e. The molecule has 3 aromatic rings. The summed E-state index contributed by atoms with van der Waals surface area (Å²) in [5, 5.41) is 14.6. The number of nitriles is 1. The molecule has 2 aromatic carbocycles. The highest BCUT2D eigenvalue weighted by molar-refractivity contribution is 7.16. The van der Waals surface area contributed by atoms with Crippen molar-refractivity contribution in [3.8, 4) is 17.3 Å². The first-order valence-electron chi connectivity index (χ1n) is 6.77. The second-order valence-corrected chi connectivity index (χ2v) is 6.03. The highest BCUT2D eigenvalue weighted by Crippen LogP contribution is 2.31. The molecule has 6 heteroatoms. The Bertz CT molecular complexity index is 864. The van der Waals surface area contributed by atoms with Crippen LogP contribution in [0.4, 0.5) is 5.13 Å². The van der Waals surface area contributed by atoms with E-state index >= 15 is 0 Å². The summed E-state index contributed by atoms with van der Waals surface area (Å²) in [7, 11) is 0. The van der Waals surface area contributed by atoms with Crippen molar-refractivity contribution < 1.29 is 0 Å². The highest BCUT2D eigenvalue weighted by Gasteiger charge is 2.12. The fourth-order valence-electron chi connectivity index (χ4n) is 1.95. The van der Waals surface area contributed by atoms with Gasteiger partial charge in [0.2, 0.25) is 5.13 Å². The van der Waals surface area contributed by atoms with Gasteiger partial charge in [-0.2, -0.15) is 10.4 Å². The average Bonchev–Trinajstić information content (AvgIpc) is 3.00. The minimum Gasteiger partial charge on any atom is -0.253 e. The highest BCUT2D eigenvalue weighted by atomic mass is 35.5. The van der Waals surface area contributed by atoms with E-state index in [1.54, 1.807) is 18.3 Å². The molecule has 1 aromatic heterocycles. The normalized spacial score (nSPS) is 10.6. The van der Waals surface area contributed by atoms with Gasteiger partial charge < -0.3 is 0 Å². The molecule has 0 bridgehead atoms. The van der Waals surface area contributed by atoms with Gasteiger partial charge in [-0.15, -0.1) is 0 Å². The van der Waals surface area contributed by atoms with E-state index in [0.29, 0.717) is 20.7 Å². The lowest BCUT2D eigenvalue weighted by Gasteiger charge is -1.97. The van der Waals surface area contributed by atoms with Crippen LogP contribution in [-0.2, 0) is 0 Å². The summed E-state index contributed by atoms with van der Waals surface area (Å²) in [5.41, 5.74) is 5.33. The first-order valence-corrected chi connectivity index (χ1v) is 7.97. The SMILES string of the molecule is N#Cc1sc(N/N=C/c2ccccc2)nc1-c1ccc(Cl)cc1. The fourth-order valence-corrected chi connectivity index (χ4v) is 2.81. The summed E-state index contributed by atoms with van der Waals surface area (Å²) in [4.78, 5) is 4.97. The first kappa shape index (κ1) is 15.2. The van der Waals surface area contributed by atoms with Gasteiger partial charge >= 0.3 is 0 Å². The maximum atomic E-state index is 9.28. The number of hydrogen-bond acceptors (Lipinski definition) is 5. The third kappa shape index (κ3) is 3.75. The second kappa shape index (κ2) is 7.05. The van der Waals surface area contributed by atoms with Gasteiger partial charge in [0, 0.05) is 10.6 Å². The number of anilines is 1. The van der Waals surface area contributed by atoms with E-state index in [4.69, 9.17) is 11.6 Å². The van der Waals surface area contributed by atoms with Crippen molar-refractivity contribution in [1.29, 1.82) is 5.26 Å². The molecule has 0 aliphatic heterocycles. The molecular formula is C17H11ClN4S. The molecule has 0 aliphatic rings. The molecule has 1 N–H and O–H groups in total. The maximum Gasteiger partial charge on any atom is 0.205 e. The number of hydrogen-bond donors (Lipinski definition) is 1. The third-order valence-corrected chi connectivity index (χ3v) is 4.14. The van der Waals surface area contributed by atoms with Crippen LogP contribution < -0.4 is 5.43 Å². The molecule has 0 saturated heterocycles. The maximum absolute atomic E-state index is 9.28. The Labute approximate surface area is 142 Å². The van der Waals surface area contributed by atoms with Gasteiger partial charge in [-0.3, -0.25) is 5.43 Å². The van der Waals surface area contributed by atoms with Crippen LogP contribution in [-0.4, -0.2) is 11.2 Å². The topological polar surface area (TPSA) is 61.1 Å². The van der Waals surface area contributed by atoms with E-state index in [-0.39, 0.29) is 0 Å². The summed E-state index contributed by atoms with van der Waals surface area (Å²) in [5.74, 6) is 0. The van der Waals surface area contributed by atoms with E-state index in [0.717, 1.165) is 11.1 Å². The Kier molecular flexibility index (Phi) is 4.67. The monoisotopic (exact) mass is 338 g/mol. The Morgan fingerprint density at radius 2 is 1.87 bits per heavy atom. The average molecular weight is 339 g/mol. The summed E-state index contributed by atoms with van der Waals surface area (Å²) in [6, 6.07) is 19.1. The van der Waals surface area contributed by atoms with Gasteiger partial charge in [0.25, 0.3) is 0 Å². The molecule has 0 atom stereocenters. The van der Waals surface area contributed by atoms with Crippen molar-refractivity contribution in [2.24, 2.45) is 5.10 Å². The Hall–Kier alpha value is -2.68. The molecule has 4 nitrogen and oxygen atoms in total. The lowest BCUT2D eigenvalue weighted by atomic mass is 10.1. The number of rotatable bonds is 4. The smallest absolute Gasteiger partial charge is 0.205 e. The Morgan fingerprint density at radius 1 is 1.13 bits per heavy atom. The number of aromatic nitrogens is 1. The number of hydrazone groups is 1. The molecule has 0 spiro atoms. The lowest BCUT2D eigenvalue weighted by molar-refractivity contribution is 1.28. The van der Waals surface area contributed by atoms with Crippen LogP contribution in [0.5, 0.6) is 0 Å². The van der Waals surface area contributed by atoms with E-state index in [2.05, 4.69) is 21.6 Å². The molecule has 0 fully saturated rings. The zero-order valence-corrected chi connectivity index (χ0v) is 13.5. The molecular weight excluding hydrogens is 328 g/mol. The molecule has 0 radical (unpaired) electrons. The van der Waals surface area contributed by atoms with Crippen LogP contribution in [0, 0.1) is 11.3 Å². The van der Waals surface area contributed by atoms with Gasteiger partial charge in [0.15, 0.2) is 0 Å². The van der Waals surface area contributed by atoms with Crippen LogP contribution in [0.3, 0.4) is 0 Å². The standard InChI is InChI=1S/C17H11ClN4S/c18-14-8-6-13(7-9-14)16-15(10-19)23-17(21-16)22-20-11-12-4-2-1-3-5-12/h1-9,11H,(H,21,22)/b20-11+. The number of thiazole rings is 1. The van der Waals surface area contributed by atoms with Crippen molar-refractivity contribution in [1.82, 2.24) is 4.98 Å². The van der Waals surface area contributed by atoms with E-state index in [9.17, 15) is 5.26 Å². The van der Waals surface area contributed by atoms with Crippen molar-refractivity contribution >= 4 is 34.3 Å². The lowest BCUT2D eigenvalue weighted by Crippen LogP contribution is -1.90. The zero-order chi connectivity index (χ0) is 16.1. The Morgan fingerprint density at radius 3 is 2.57 bits per heavy atom. The van der Waals surface area contributed by atoms with E-state index < -0.39 is 0 Å². The van der Waals surface area contributed by atoms with E-state index in [1.807, 2.05) is 42.5 Å². The summed E-state index contributed by atoms with van der Waals surface area (Å²) in [6.45, 7) is 0. The summed E-state index contributed by atoms with van der Waals surface area (Å²) >= 11 is 7.15. The molecule has 0 aliphatic carbocycles. The molecule has 23 heavy (non-hydrogen) atoms. The predicted octanol–water partition coefficient (Wildman–Crippen LogP) is 4.78. The molecule has 3 rings (SSSR count). The van der Waals surface area contributed by atoms with Crippen molar-refractivity contribution in [2.45, 2.75) is 0 Å². The quantitative estimate of drug-likeness (QED) is 0.550. The molecule has 112 valence electrons. The van der Waals surface area contributed by atoms with Crippen LogP contribution in [0.15, 0.2) is 59.7 Å². The zero-order valence-electron chi connectivity index (χ0n) is 11.9. The minimum absolute atomic E-state index is 0.532. The van der Waals surface area contributed by atoms with Crippen molar-refractivity contribution in [3.05, 3.63) is 70.1 Å². The van der Waals surface area contributed by atoms with Crippen molar-refractivity contribution in [2.75, 3.05) is 5.43 Å². The molecule has 0 saturated carbocycles. The first-order chi connectivity index (χ1) is 11.3. The second-order valence-electron chi connectivity index (χ2n) is 4.60. The van der Waals surface area contributed by atoms with Crippen LogP contribution >= 0.6 is 22.9 Å². The van der Waals surface area contributed by atoms with Crippen molar-refractivity contribution in [3.63, 3.8) is 0 Å². The van der Waals surface area contributed by atoms with Gasteiger partial charge in [0.1, 0.15) is 16.6 Å². The molecule has 0 unspecified atom stereocenters. The molecule has 0 amide bonds. The third-order valence-electron chi connectivity index (χ3n) is 3.02. The van der Waals surface area contributed by atoms with Crippen LogP contribution in [0.1, 0.15) is 10.4 Å². The number of nitrogens with zero attached hydrogens (tertiary/aromatic N) is 3. The Balaban J connectivity index is 1.81. The van der Waals surface area contributed by atoms with E-state index in [1.165, 1.54) is 11.3 Å². The number of nitrogens with one attached hydrogen (secondary N) is 1. The van der Waals surface area contributed by atoms with Gasteiger partial charge in [-0.05, 0) is 17.7 Å². The van der Waals surface area contributed by atoms with Crippen LogP contribution in [0.2, 0.25) is 5.02 Å².